The number of hydrogen-bond acceptors (Lipinski definition) is 4. The van der Waals surface area contributed by atoms with E-state index in [-0.39, 0.29) is 16.6 Å². The third kappa shape index (κ3) is 3.09. The minimum Gasteiger partial charge on any atom is -0.376 e. The lowest BCUT2D eigenvalue weighted by molar-refractivity contribution is 0.592. The van der Waals surface area contributed by atoms with Crippen LogP contribution in [-0.2, 0) is 10.0 Å². The lowest BCUT2D eigenvalue weighted by atomic mass is 10.2. The van der Waals surface area contributed by atoms with Gasteiger partial charge in [0, 0.05) is 11.8 Å². The highest BCUT2D eigenvalue weighted by Crippen LogP contribution is 2.23. The molecule has 0 saturated heterocycles. The molecule has 6 nitrogen and oxygen atoms in total. The molecule has 0 aliphatic rings. The molecule has 0 saturated carbocycles. The summed E-state index contributed by atoms with van der Waals surface area (Å²) in [6.45, 7) is 1.83. The molecule has 0 fully saturated rings. The summed E-state index contributed by atoms with van der Waals surface area (Å²) in [5.41, 5.74) is 1.05. The number of H-pyrrole nitrogens is 1. The van der Waals surface area contributed by atoms with Crippen molar-refractivity contribution in [3.8, 4) is 0 Å². The third-order valence-corrected chi connectivity index (χ3v) is 3.57. The van der Waals surface area contributed by atoms with Gasteiger partial charge in [0.1, 0.15) is 5.82 Å². The van der Waals surface area contributed by atoms with Crippen molar-refractivity contribution in [3.63, 3.8) is 0 Å². The van der Waals surface area contributed by atoms with Crippen LogP contribution >= 0.6 is 0 Å². The summed E-state index contributed by atoms with van der Waals surface area (Å²) in [6, 6.07) is 3.31. The van der Waals surface area contributed by atoms with Gasteiger partial charge in [-0.25, -0.2) is 17.9 Å². The van der Waals surface area contributed by atoms with Crippen molar-refractivity contribution in [1.82, 2.24) is 10.2 Å². The zero-order valence-corrected chi connectivity index (χ0v) is 10.9. The molecule has 102 valence electrons. The predicted octanol–water partition coefficient (Wildman–Crippen LogP) is 1.37. The molecule has 0 amide bonds. The topological polar surface area (TPSA) is 101 Å². The van der Waals surface area contributed by atoms with Gasteiger partial charge in [0.15, 0.2) is 0 Å². The first-order valence-corrected chi connectivity index (χ1v) is 7.00. The van der Waals surface area contributed by atoms with E-state index in [1.54, 1.807) is 12.4 Å². The van der Waals surface area contributed by atoms with E-state index in [9.17, 15) is 12.8 Å². The summed E-state index contributed by atoms with van der Waals surface area (Å²) >= 11 is 0. The Morgan fingerprint density at radius 1 is 1.47 bits per heavy atom. The van der Waals surface area contributed by atoms with Crippen molar-refractivity contribution >= 4 is 15.7 Å². The number of primary sulfonamides is 1. The molecule has 0 bridgehead atoms. The van der Waals surface area contributed by atoms with E-state index in [0.29, 0.717) is 0 Å². The van der Waals surface area contributed by atoms with E-state index in [1.165, 1.54) is 12.1 Å². The average molecular weight is 284 g/mol. The molecule has 0 radical (unpaired) electrons. The minimum absolute atomic E-state index is 0.173. The number of rotatable bonds is 4. The highest BCUT2D eigenvalue weighted by atomic mass is 32.2. The summed E-state index contributed by atoms with van der Waals surface area (Å²) in [7, 11) is -3.90. The number of sulfonamides is 1. The van der Waals surface area contributed by atoms with Crippen molar-refractivity contribution in [1.29, 1.82) is 0 Å². The van der Waals surface area contributed by atoms with Crippen LogP contribution in [0, 0.1) is 5.82 Å². The molecule has 2 aromatic rings. The number of benzene rings is 1. The Hall–Kier alpha value is -1.93. The second-order valence-electron chi connectivity index (χ2n) is 4.08. The second kappa shape index (κ2) is 4.98. The van der Waals surface area contributed by atoms with Crippen LogP contribution in [0.1, 0.15) is 18.5 Å². The van der Waals surface area contributed by atoms with Crippen molar-refractivity contribution in [2.45, 2.75) is 17.9 Å². The van der Waals surface area contributed by atoms with Gasteiger partial charge in [-0.2, -0.15) is 5.10 Å². The summed E-state index contributed by atoms with van der Waals surface area (Å²) in [5, 5.41) is 14.3. The molecule has 1 unspecified atom stereocenters. The second-order valence-corrected chi connectivity index (χ2v) is 5.65. The molecule has 0 spiro atoms. The van der Waals surface area contributed by atoms with Crippen LogP contribution in [0.15, 0.2) is 35.5 Å². The highest BCUT2D eigenvalue weighted by Gasteiger charge is 2.13. The van der Waals surface area contributed by atoms with Gasteiger partial charge in [-0.05, 0) is 25.1 Å². The molecular weight excluding hydrogens is 271 g/mol. The van der Waals surface area contributed by atoms with Crippen molar-refractivity contribution in [2.75, 3.05) is 5.32 Å². The number of halogens is 1. The molecule has 0 aliphatic carbocycles. The van der Waals surface area contributed by atoms with Gasteiger partial charge < -0.3 is 5.32 Å². The van der Waals surface area contributed by atoms with Crippen LogP contribution in [0.4, 0.5) is 10.1 Å². The molecule has 4 N–H and O–H groups in total. The van der Waals surface area contributed by atoms with E-state index < -0.39 is 15.8 Å². The Labute approximate surface area is 109 Å². The van der Waals surface area contributed by atoms with E-state index >= 15 is 0 Å². The van der Waals surface area contributed by atoms with Crippen molar-refractivity contribution in [3.05, 3.63) is 42.0 Å². The van der Waals surface area contributed by atoms with Gasteiger partial charge in [0.25, 0.3) is 0 Å². The van der Waals surface area contributed by atoms with Gasteiger partial charge in [0.2, 0.25) is 10.0 Å². The zero-order valence-electron chi connectivity index (χ0n) is 10.1. The van der Waals surface area contributed by atoms with E-state index in [2.05, 4.69) is 15.5 Å². The highest BCUT2D eigenvalue weighted by molar-refractivity contribution is 7.89. The molecule has 8 heteroatoms. The maximum atomic E-state index is 13.8. The van der Waals surface area contributed by atoms with E-state index in [0.717, 1.165) is 11.6 Å². The van der Waals surface area contributed by atoms with Crippen LogP contribution in [0.5, 0.6) is 0 Å². The van der Waals surface area contributed by atoms with Gasteiger partial charge in [0.05, 0.1) is 22.8 Å². The maximum absolute atomic E-state index is 13.8. The summed E-state index contributed by atoms with van der Waals surface area (Å²) < 4.78 is 35.9. The van der Waals surface area contributed by atoms with Crippen LogP contribution in [-0.4, -0.2) is 18.6 Å². The maximum Gasteiger partial charge on any atom is 0.238 e. The van der Waals surface area contributed by atoms with Crippen molar-refractivity contribution in [2.24, 2.45) is 5.14 Å². The number of nitrogens with one attached hydrogen (secondary N) is 2. The predicted molar refractivity (Wildman–Crippen MR) is 68.4 cm³/mol. The molecule has 1 aromatic heterocycles. The number of nitrogens with two attached hydrogens (primary N) is 1. The van der Waals surface area contributed by atoms with Crippen LogP contribution in [0.3, 0.4) is 0 Å². The average Bonchev–Trinajstić information content (AvgIpc) is 2.84. The summed E-state index contributed by atoms with van der Waals surface area (Å²) in [5.74, 6) is -0.679. The molecule has 2 rings (SSSR count). The van der Waals surface area contributed by atoms with Crippen LogP contribution < -0.4 is 10.5 Å². The van der Waals surface area contributed by atoms with Crippen LogP contribution in [0.25, 0.3) is 0 Å². The fourth-order valence-corrected chi connectivity index (χ4v) is 2.13. The van der Waals surface area contributed by atoms with E-state index in [4.69, 9.17) is 5.14 Å². The first-order chi connectivity index (χ1) is 8.88. The van der Waals surface area contributed by atoms with Gasteiger partial charge in [-0.1, -0.05) is 0 Å². The molecular formula is C11H13FN4O2S. The summed E-state index contributed by atoms with van der Waals surface area (Å²) in [6.07, 6.45) is 3.31. The number of aromatic amines is 1. The van der Waals surface area contributed by atoms with Crippen molar-refractivity contribution < 1.29 is 12.8 Å². The lowest BCUT2D eigenvalue weighted by Gasteiger charge is -2.14. The quantitative estimate of drug-likeness (QED) is 0.789. The van der Waals surface area contributed by atoms with Crippen LogP contribution in [0.2, 0.25) is 0 Å². The smallest absolute Gasteiger partial charge is 0.238 e. The molecule has 1 aromatic carbocycles. The number of nitrogens with zero attached hydrogens (tertiary/aromatic N) is 1. The molecule has 1 atom stereocenters. The first kappa shape index (κ1) is 13.5. The lowest BCUT2D eigenvalue weighted by Crippen LogP contribution is -2.13. The number of aromatic nitrogens is 2. The molecule has 0 aliphatic heterocycles. The molecule has 19 heavy (non-hydrogen) atoms. The monoisotopic (exact) mass is 284 g/mol. The Bertz CT molecular complexity index is 670. The van der Waals surface area contributed by atoms with E-state index in [1.807, 2.05) is 6.92 Å². The number of anilines is 1. The standard InChI is InChI=1S/C11H13FN4O2S/c1-7(8-5-14-15-6-8)16-11-3-2-9(4-10(11)12)19(13,17)18/h2-7,16H,1H3,(H,14,15)(H2,13,17,18). The Morgan fingerprint density at radius 2 is 2.21 bits per heavy atom. The van der Waals surface area contributed by atoms with Gasteiger partial charge in [-0.15, -0.1) is 0 Å². The van der Waals surface area contributed by atoms with Gasteiger partial charge in [-0.3, -0.25) is 5.10 Å². The number of hydrogen-bond donors (Lipinski definition) is 3. The Kier molecular flexibility index (Phi) is 3.54. The van der Waals surface area contributed by atoms with Gasteiger partial charge >= 0.3 is 0 Å². The first-order valence-electron chi connectivity index (χ1n) is 5.45. The fraction of sp³-hybridized carbons (Fsp3) is 0.182. The Morgan fingerprint density at radius 3 is 2.74 bits per heavy atom. The zero-order chi connectivity index (χ0) is 14.0. The Balaban J connectivity index is 2.23. The SMILES string of the molecule is CC(Nc1ccc(S(N)(=O)=O)cc1F)c1cn[nH]c1. The summed E-state index contributed by atoms with van der Waals surface area (Å²) in [4.78, 5) is -0.258. The largest absolute Gasteiger partial charge is 0.376 e. The third-order valence-electron chi connectivity index (χ3n) is 2.66. The minimum atomic E-state index is -3.90. The molecule has 1 heterocycles. The fourth-order valence-electron chi connectivity index (χ4n) is 1.60. The normalized spacial score (nSPS) is 13.2.